The quantitative estimate of drug-likeness (QED) is 0.857. The van der Waals surface area contributed by atoms with Crippen molar-refractivity contribution in [2.24, 2.45) is 0 Å². The zero-order chi connectivity index (χ0) is 15.7. The fourth-order valence-corrected chi connectivity index (χ4v) is 3.86. The molecule has 0 bridgehead atoms. The minimum atomic E-state index is -0.546. The highest BCUT2D eigenvalue weighted by Gasteiger charge is 2.56. The molecule has 0 amide bonds. The van der Waals surface area contributed by atoms with Gasteiger partial charge in [0.05, 0.1) is 18.5 Å². The minimum Gasteiger partial charge on any atom is -0.343 e. The van der Waals surface area contributed by atoms with Crippen molar-refractivity contribution in [3.8, 4) is 6.07 Å². The summed E-state index contributed by atoms with van der Waals surface area (Å²) in [6.45, 7) is 6.95. The molecule has 0 aliphatic carbocycles. The van der Waals surface area contributed by atoms with E-state index in [1.807, 2.05) is 19.9 Å². The van der Waals surface area contributed by atoms with E-state index in [4.69, 9.17) is 9.47 Å². The lowest BCUT2D eigenvalue weighted by Crippen LogP contribution is -2.42. The van der Waals surface area contributed by atoms with Crippen molar-refractivity contribution in [1.82, 2.24) is 4.90 Å². The first kappa shape index (κ1) is 15.5. The van der Waals surface area contributed by atoms with Gasteiger partial charge in [-0.15, -0.1) is 0 Å². The third-order valence-corrected chi connectivity index (χ3v) is 4.70. The van der Waals surface area contributed by atoms with Crippen LogP contribution in [0.3, 0.4) is 0 Å². The van der Waals surface area contributed by atoms with Crippen molar-refractivity contribution in [2.75, 3.05) is 0 Å². The van der Waals surface area contributed by atoms with Crippen LogP contribution in [0.25, 0.3) is 0 Å². The molecule has 2 heterocycles. The summed E-state index contributed by atoms with van der Waals surface area (Å²) in [5.41, 5.74) is 1.27. The number of fused-ring (bicyclic) bond motifs is 1. The zero-order valence-electron chi connectivity index (χ0n) is 13.5. The smallest absolute Gasteiger partial charge is 0.163 e. The third kappa shape index (κ3) is 2.77. The SMILES string of the molecule is CC[C@@H]1[C@H]2OC(C)(C)O[C@H]2[C@H](CC#N)N1Cc1ccccc1. The van der Waals surface area contributed by atoms with Crippen LogP contribution in [0.15, 0.2) is 30.3 Å². The molecule has 4 nitrogen and oxygen atoms in total. The van der Waals surface area contributed by atoms with Gasteiger partial charge in [-0.1, -0.05) is 37.3 Å². The van der Waals surface area contributed by atoms with Gasteiger partial charge in [0, 0.05) is 12.6 Å². The van der Waals surface area contributed by atoms with Crippen LogP contribution in [0.1, 0.15) is 39.2 Å². The molecule has 2 aliphatic rings. The number of likely N-dealkylation sites (tertiary alicyclic amines) is 1. The van der Waals surface area contributed by atoms with Crippen molar-refractivity contribution in [3.05, 3.63) is 35.9 Å². The Balaban J connectivity index is 1.86. The maximum atomic E-state index is 9.25. The Morgan fingerprint density at radius 1 is 1.14 bits per heavy atom. The molecule has 0 unspecified atom stereocenters. The fraction of sp³-hybridized carbons (Fsp3) is 0.611. The Kier molecular flexibility index (Phi) is 4.22. The monoisotopic (exact) mass is 300 g/mol. The van der Waals surface area contributed by atoms with E-state index in [2.05, 4.69) is 42.2 Å². The molecule has 2 saturated heterocycles. The van der Waals surface area contributed by atoms with Crippen LogP contribution < -0.4 is 0 Å². The van der Waals surface area contributed by atoms with Crippen molar-refractivity contribution >= 4 is 0 Å². The highest BCUT2D eigenvalue weighted by atomic mass is 16.8. The molecular formula is C18H24N2O2. The van der Waals surface area contributed by atoms with Gasteiger partial charge < -0.3 is 9.47 Å². The molecule has 0 aromatic heterocycles. The standard InChI is InChI=1S/C18H24N2O2/c1-4-14-16-17(22-18(2,3)21-16)15(10-11-19)20(14)12-13-8-6-5-7-9-13/h5-9,14-17H,4,10,12H2,1-3H3/t14-,15+,16-,17+/m1/s1. The van der Waals surface area contributed by atoms with Gasteiger partial charge in [-0.25, -0.2) is 0 Å². The van der Waals surface area contributed by atoms with Gasteiger partial charge in [-0.2, -0.15) is 5.26 Å². The first-order valence-corrected chi connectivity index (χ1v) is 8.08. The van der Waals surface area contributed by atoms with E-state index in [0.717, 1.165) is 13.0 Å². The van der Waals surface area contributed by atoms with Gasteiger partial charge >= 0.3 is 0 Å². The van der Waals surface area contributed by atoms with Crippen LogP contribution in [0.4, 0.5) is 0 Å². The van der Waals surface area contributed by atoms with E-state index in [1.54, 1.807) is 0 Å². The minimum absolute atomic E-state index is 0.0108. The molecule has 4 heteroatoms. The van der Waals surface area contributed by atoms with Gasteiger partial charge in [0.25, 0.3) is 0 Å². The molecule has 2 fully saturated rings. The summed E-state index contributed by atoms with van der Waals surface area (Å²) in [5.74, 6) is -0.546. The second-order valence-electron chi connectivity index (χ2n) is 6.63. The van der Waals surface area contributed by atoms with E-state index >= 15 is 0 Å². The second kappa shape index (κ2) is 6.00. The summed E-state index contributed by atoms with van der Waals surface area (Å²) in [5, 5.41) is 9.25. The molecular weight excluding hydrogens is 276 g/mol. The summed E-state index contributed by atoms with van der Waals surface area (Å²) in [6.07, 6.45) is 1.52. The van der Waals surface area contributed by atoms with E-state index in [0.29, 0.717) is 12.5 Å². The number of hydrogen-bond acceptors (Lipinski definition) is 4. The molecule has 4 atom stereocenters. The molecule has 1 aromatic carbocycles. The fourth-order valence-electron chi connectivity index (χ4n) is 3.86. The maximum Gasteiger partial charge on any atom is 0.163 e. The van der Waals surface area contributed by atoms with E-state index in [-0.39, 0.29) is 18.2 Å². The van der Waals surface area contributed by atoms with Crippen LogP contribution in [-0.2, 0) is 16.0 Å². The Bertz CT molecular complexity index is 552. The zero-order valence-corrected chi connectivity index (χ0v) is 13.5. The molecule has 2 aliphatic heterocycles. The highest BCUT2D eigenvalue weighted by molar-refractivity contribution is 5.17. The molecule has 0 spiro atoms. The largest absolute Gasteiger partial charge is 0.343 e. The lowest BCUT2D eigenvalue weighted by atomic mass is 10.1. The number of hydrogen-bond donors (Lipinski definition) is 0. The van der Waals surface area contributed by atoms with Crippen molar-refractivity contribution in [1.29, 1.82) is 5.26 Å². The molecule has 0 radical (unpaired) electrons. The first-order chi connectivity index (χ1) is 10.6. The summed E-state index contributed by atoms with van der Waals surface area (Å²) in [7, 11) is 0. The van der Waals surface area contributed by atoms with Crippen molar-refractivity contribution < 1.29 is 9.47 Å². The van der Waals surface area contributed by atoms with Crippen molar-refractivity contribution in [2.45, 2.75) is 70.2 Å². The van der Waals surface area contributed by atoms with Crippen LogP contribution in [-0.4, -0.2) is 35.0 Å². The summed E-state index contributed by atoms with van der Waals surface area (Å²) in [6, 6.07) is 13.1. The normalized spacial score (nSPS) is 33.5. The van der Waals surface area contributed by atoms with Gasteiger partial charge in [0.2, 0.25) is 0 Å². The number of ether oxygens (including phenoxy) is 2. The Morgan fingerprint density at radius 2 is 1.77 bits per heavy atom. The average Bonchev–Trinajstić information content (AvgIpc) is 2.92. The predicted octanol–water partition coefficient (Wildman–Crippen LogP) is 3.08. The molecule has 1 aromatic rings. The van der Waals surface area contributed by atoms with Crippen LogP contribution >= 0.6 is 0 Å². The number of rotatable bonds is 4. The molecule has 0 N–H and O–H groups in total. The Hall–Kier alpha value is -1.41. The lowest BCUT2D eigenvalue weighted by Gasteiger charge is -2.33. The van der Waals surface area contributed by atoms with E-state index in [9.17, 15) is 5.26 Å². The topological polar surface area (TPSA) is 45.5 Å². The second-order valence-corrected chi connectivity index (χ2v) is 6.63. The highest BCUT2D eigenvalue weighted by Crippen LogP contribution is 2.42. The van der Waals surface area contributed by atoms with Gasteiger partial charge in [0.15, 0.2) is 5.79 Å². The third-order valence-electron chi connectivity index (χ3n) is 4.70. The van der Waals surface area contributed by atoms with Gasteiger partial charge in [-0.3, -0.25) is 4.90 Å². The maximum absolute atomic E-state index is 9.25. The van der Waals surface area contributed by atoms with Crippen LogP contribution in [0.5, 0.6) is 0 Å². The molecule has 22 heavy (non-hydrogen) atoms. The summed E-state index contributed by atoms with van der Waals surface area (Å²) < 4.78 is 12.3. The number of nitriles is 1. The summed E-state index contributed by atoms with van der Waals surface area (Å²) >= 11 is 0. The Labute approximate surface area is 132 Å². The molecule has 3 rings (SSSR count). The molecule has 118 valence electrons. The summed E-state index contributed by atoms with van der Waals surface area (Å²) in [4.78, 5) is 2.41. The van der Waals surface area contributed by atoms with Crippen LogP contribution in [0, 0.1) is 11.3 Å². The molecule has 0 saturated carbocycles. The number of benzene rings is 1. The van der Waals surface area contributed by atoms with Gasteiger partial charge in [-0.05, 0) is 25.8 Å². The van der Waals surface area contributed by atoms with E-state index < -0.39 is 5.79 Å². The number of nitrogens with zero attached hydrogens (tertiary/aromatic N) is 2. The average molecular weight is 300 g/mol. The van der Waals surface area contributed by atoms with Crippen LogP contribution in [0.2, 0.25) is 0 Å². The predicted molar refractivity (Wildman–Crippen MR) is 83.9 cm³/mol. The lowest BCUT2D eigenvalue weighted by molar-refractivity contribution is -0.168. The van der Waals surface area contributed by atoms with E-state index in [1.165, 1.54) is 5.56 Å². The van der Waals surface area contributed by atoms with Gasteiger partial charge in [0.1, 0.15) is 12.2 Å². The van der Waals surface area contributed by atoms with Crippen molar-refractivity contribution in [3.63, 3.8) is 0 Å². The Morgan fingerprint density at radius 3 is 2.36 bits per heavy atom. The first-order valence-electron chi connectivity index (χ1n) is 8.08.